The van der Waals surface area contributed by atoms with Crippen LogP contribution in [0.2, 0.25) is 0 Å². The first kappa shape index (κ1) is 23.8. The summed E-state index contributed by atoms with van der Waals surface area (Å²) in [6.07, 6.45) is -8.47. The zero-order valence-corrected chi connectivity index (χ0v) is 17.2. The Hall–Kier alpha value is -2.87. The fourth-order valence-electron chi connectivity index (χ4n) is 3.22. The van der Waals surface area contributed by atoms with Gasteiger partial charge in [0.05, 0.1) is 15.8 Å². The van der Waals surface area contributed by atoms with Crippen LogP contribution in [0.25, 0.3) is 20.3 Å². The van der Waals surface area contributed by atoms with Gasteiger partial charge in [-0.1, -0.05) is 6.07 Å². The maximum absolute atomic E-state index is 13.0. The van der Waals surface area contributed by atoms with Gasteiger partial charge in [-0.3, -0.25) is 0 Å². The minimum atomic E-state index is -5.08. The van der Waals surface area contributed by atoms with Crippen LogP contribution in [0.15, 0.2) is 18.2 Å². The molecule has 1 aliphatic heterocycles. The Morgan fingerprint density at radius 1 is 1.25 bits per heavy atom. The minimum Gasteiger partial charge on any atom is -0.475 e. The summed E-state index contributed by atoms with van der Waals surface area (Å²) in [6.45, 7) is 1.60. The third kappa shape index (κ3) is 4.96. The number of hydrogen-bond acceptors (Lipinski definition) is 7. The van der Waals surface area contributed by atoms with Crippen molar-refractivity contribution in [2.24, 2.45) is 0 Å². The molecule has 1 atom stereocenters. The molecule has 1 fully saturated rings. The van der Waals surface area contributed by atoms with Gasteiger partial charge in [-0.15, -0.1) is 11.3 Å². The lowest BCUT2D eigenvalue weighted by atomic mass is 10.1. The SMILES string of the molecule is CN[C@H]1CCN(c2nc(N)nc3c2sc2cc(C(F)(F)F)ccc23)C1.O=C(O)C(F)(F)F. The Balaban J connectivity index is 0.000000360. The quantitative estimate of drug-likeness (QED) is 0.478. The van der Waals surface area contributed by atoms with Gasteiger partial charge in [0.2, 0.25) is 5.95 Å². The number of nitrogen functional groups attached to an aromatic ring is 1. The molecule has 7 nitrogen and oxygen atoms in total. The number of nitrogens with two attached hydrogens (primary N) is 1. The molecular formula is C18H17F6N5O2S. The van der Waals surface area contributed by atoms with E-state index in [1.54, 1.807) is 0 Å². The summed E-state index contributed by atoms with van der Waals surface area (Å²) in [4.78, 5) is 19.7. The van der Waals surface area contributed by atoms with Crippen molar-refractivity contribution in [3.05, 3.63) is 23.8 Å². The number of likely N-dealkylation sites (N-methyl/N-ethyl adjacent to an activating group) is 1. The Morgan fingerprint density at radius 3 is 2.44 bits per heavy atom. The number of carboxylic acids is 1. The van der Waals surface area contributed by atoms with E-state index in [-0.39, 0.29) is 5.95 Å². The number of thiophene rings is 1. The molecule has 14 heteroatoms. The highest BCUT2D eigenvalue weighted by atomic mass is 32.1. The van der Waals surface area contributed by atoms with Gasteiger partial charge in [0.1, 0.15) is 0 Å². The number of carbonyl (C=O) groups is 1. The molecule has 0 radical (unpaired) electrons. The number of halogens is 6. The largest absolute Gasteiger partial charge is 0.490 e. The third-order valence-electron chi connectivity index (χ3n) is 4.78. The van der Waals surface area contributed by atoms with E-state index >= 15 is 0 Å². The van der Waals surface area contributed by atoms with E-state index < -0.39 is 23.9 Å². The smallest absolute Gasteiger partial charge is 0.475 e. The molecule has 0 bridgehead atoms. The molecule has 1 aromatic carbocycles. The predicted molar refractivity (Wildman–Crippen MR) is 108 cm³/mol. The van der Waals surface area contributed by atoms with Crippen LogP contribution < -0.4 is 16.0 Å². The summed E-state index contributed by atoms with van der Waals surface area (Å²) in [5, 5.41) is 11.0. The second-order valence-corrected chi connectivity index (χ2v) is 7.97. The van der Waals surface area contributed by atoms with Crippen molar-refractivity contribution in [2.75, 3.05) is 30.8 Å². The van der Waals surface area contributed by atoms with Crippen LogP contribution in [0.3, 0.4) is 0 Å². The third-order valence-corrected chi connectivity index (χ3v) is 5.92. The normalized spacial score (nSPS) is 17.0. The molecule has 0 aliphatic carbocycles. The number of nitrogens with one attached hydrogen (secondary N) is 1. The lowest BCUT2D eigenvalue weighted by Crippen LogP contribution is -2.30. The molecule has 3 aromatic rings. The Labute approximate surface area is 180 Å². The van der Waals surface area contributed by atoms with Crippen LogP contribution in [0.5, 0.6) is 0 Å². The maximum atomic E-state index is 13.0. The van der Waals surface area contributed by atoms with Gasteiger partial charge in [-0.2, -0.15) is 31.3 Å². The van der Waals surface area contributed by atoms with E-state index in [9.17, 15) is 26.3 Å². The molecular weight excluding hydrogens is 464 g/mol. The predicted octanol–water partition coefficient (Wildman–Crippen LogP) is 3.88. The second kappa shape index (κ2) is 8.58. The first-order valence-electron chi connectivity index (χ1n) is 9.10. The first-order chi connectivity index (χ1) is 14.8. The molecule has 1 saturated heterocycles. The standard InChI is InChI=1S/C16H16F3N5S.C2HF3O2/c1-21-9-4-5-24(7-9)14-13-12(22-15(20)23-14)10-3-2-8(16(17,18)19)6-11(10)25-13;3-2(4,5)1(6)7/h2-3,6,9,21H,4-5,7H2,1H3,(H2,20,22,23);(H,6,7)/t9-;/m0./s1. The van der Waals surface area contributed by atoms with Crippen molar-refractivity contribution >= 4 is 49.4 Å². The molecule has 32 heavy (non-hydrogen) atoms. The lowest BCUT2D eigenvalue weighted by Gasteiger charge is -2.18. The summed E-state index contributed by atoms with van der Waals surface area (Å²) in [7, 11) is 1.91. The van der Waals surface area contributed by atoms with Crippen LogP contribution in [0, 0.1) is 0 Å². The molecule has 4 rings (SSSR count). The molecule has 0 unspecified atom stereocenters. The summed E-state index contributed by atoms with van der Waals surface area (Å²) in [6, 6.07) is 4.08. The summed E-state index contributed by atoms with van der Waals surface area (Å²) >= 11 is 1.28. The van der Waals surface area contributed by atoms with Gasteiger partial charge in [0.15, 0.2) is 5.82 Å². The van der Waals surface area contributed by atoms with E-state index in [0.717, 1.165) is 30.3 Å². The van der Waals surface area contributed by atoms with Crippen LogP contribution in [0.1, 0.15) is 12.0 Å². The summed E-state index contributed by atoms with van der Waals surface area (Å²) in [5.74, 6) is -1.92. The van der Waals surface area contributed by atoms with Crippen molar-refractivity contribution in [2.45, 2.75) is 24.8 Å². The van der Waals surface area contributed by atoms with E-state index in [0.29, 0.717) is 27.5 Å². The number of fused-ring (bicyclic) bond motifs is 3. The topological polar surface area (TPSA) is 104 Å². The zero-order valence-electron chi connectivity index (χ0n) is 16.4. The van der Waals surface area contributed by atoms with E-state index in [1.807, 2.05) is 7.05 Å². The number of aromatic nitrogens is 2. The highest BCUT2D eigenvalue weighted by Gasteiger charge is 2.38. The zero-order chi connectivity index (χ0) is 23.8. The Kier molecular flexibility index (Phi) is 6.38. The van der Waals surface area contributed by atoms with E-state index in [2.05, 4.69) is 20.2 Å². The fraction of sp³-hybridized carbons (Fsp3) is 0.389. The summed E-state index contributed by atoms with van der Waals surface area (Å²) in [5.41, 5.74) is 5.82. The van der Waals surface area contributed by atoms with Gasteiger partial charge in [-0.05, 0) is 25.6 Å². The summed E-state index contributed by atoms with van der Waals surface area (Å²) < 4.78 is 72.0. The number of nitrogens with zero attached hydrogens (tertiary/aromatic N) is 3. The Morgan fingerprint density at radius 2 is 1.91 bits per heavy atom. The number of anilines is 2. The van der Waals surface area contributed by atoms with Crippen LogP contribution in [-0.4, -0.2) is 53.4 Å². The van der Waals surface area contributed by atoms with Crippen LogP contribution in [-0.2, 0) is 11.0 Å². The van der Waals surface area contributed by atoms with E-state index in [4.69, 9.17) is 15.6 Å². The maximum Gasteiger partial charge on any atom is 0.490 e. The van der Waals surface area contributed by atoms with Crippen LogP contribution in [0.4, 0.5) is 38.1 Å². The number of benzene rings is 1. The van der Waals surface area contributed by atoms with Gasteiger partial charge in [0, 0.05) is 29.2 Å². The molecule has 0 spiro atoms. The van der Waals surface area contributed by atoms with Crippen molar-refractivity contribution in [3.8, 4) is 0 Å². The average molecular weight is 481 g/mol. The molecule has 0 amide bonds. The van der Waals surface area contributed by atoms with Crippen molar-refractivity contribution < 1.29 is 36.2 Å². The number of hydrogen-bond donors (Lipinski definition) is 3. The van der Waals surface area contributed by atoms with Gasteiger partial charge in [0.25, 0.3) is 0 Å². The highest BCUT2D eigenvalue weighted by Crippen LogP contribution is 2.41. The van der Waals surface area contributed by atoms with Gasteiger partial charge >= 0.3 is 18.3 Å². The second-order valence-electron chi connectivity index (χ2n) is 6.92. The number of rotatable bonds is 2. The first-order valence-corrected chi connectivity index (χ1v) is 9.92. The minimum absolute atomic E-state index is 0.134. The lowest BCUT2D eigenvalue weighted by molar-refractivity contribution is -0.192. The van der Waals surface area contributed by atoms with Crippen LogP contribution >= 0.6 is 11.3 Å². The number of alkyl halides is 6. The molecule has 174 valence electrons. The number of carboxylic acid groups (broad SMARTS) is 1. The van der Waals surface area contributed by atoms with Crippen molar-refractivity contribution in [1.29, 1.82) is 0 Å². The van der Waals surface area contributed by atoms with Gasteiger partial charge < -0.3 is 21.1 Å². The van der Waals surface area contributed by atoms with Crippen molar-refractivity contribution in [3.63, 3.8) is 0 Å². The molecule has 0 saturated carbocycles. The van der Waals surface area contributed by atoms with Gasteiger partial charge in [-0.25, -0.2) is 9.78 Å². The molecule has 1 aliphatic rings. The number of aliphatic carboxylic acids is 1. The van der Waals surface area contributed by atoms with Crippen molar-refractivity contribution in [1.82, 2.24) is 15.3 Å². The fourth-order valence-corrected chi connectivity index (χ4v) is 4.42. The molecule has 3 heterocycles. The Bertz CT molecular complexity index is 1150. The monoisotopic (exact) mass is 481 g/mol. The molecule has 4 N–H and O–H groups in total. The average Bonchev–Trinajstić information content (AvgIpc) is 3.30. The molecule has 2 aromatic heterocycles. The van der Waals surface area contributed by atoms with E-state index in [1.165, 1.54) is 23.5 Å². The highest BCUT2D eigenvalue weighted by molar-refractivity contribution is 7.26.